The molecule has 1 unspecified atom stereocenters. The number of thioether (sulfide) groups is 1. The number of carboxylic acid groups (broad SMARTS) is 1. The second-order valence-corrected chi connectivity index (χ2v) is 7.73. The van der Waals surface area contributed by atoms with Gasteiger partial charge >= 0.3 is 0 Å². The van der Waals surface area contributed by atoms with Gasteiger partial charge in [-0.15, -0.1) is 11.8 Å². The SMILES string of the molecule is Cc1cc2c(cc1Cl)SCC(=O)N(C(C)C(=O)[O-])S2(=O)=O. The van der Waals surface area contributed by atoms with Crippen molar-refractivity contribution in [1.82, 2.24) is 4.31 Å². The monoisotopic (exact) mass is 348 g/mol. The van der Waals surface area contributed by atoms with E-state index in [1.165, 1.54) is 12.1 Å². The van der Waals surface area contributed by atoms with E-state index in [1.807, 2.05) is 0 Å². The van der Waals surface area contributed by atoms with Crippen LogP contribution in [0.3, 0.4) is 0 Å². The number of sulfonamides is 1. The van der Waals surface area contributed by atoms with Gasteiger partial charge in [-0.2, -0.15) is 0 Å². The number of rotatable bonds is 2. The summed E-state index contributed by atoms with van der Waals surface area (Å²) in [5, 5.41) is 11.4. The van der Waals surface area contributed by atoms with Crippen LogP contribution in [0.25, 0.3) is 0 Å². The van der Waals surface area contributed by atoms with Gasteiger partial charge in [0.15, 0.2) is 0 Å². The van der Waals surface area contributed by atoms with Gasteiger partial charge in [-0.25, -0.2) is 12.7 Å². The lowest BCUT2D eigenvalue weighted by Gasteiger charge is -2.27. The van der Waals surface area contributed by atoms with Gasteiger partial charge in [0.05, 0.1) is 17.8 Å². The minimum Gasteiger partial charge on any atom is -0.548 e. The van der Waals surface area contributed by atoms with Crippen LogP contribution in [0.5, 0.6) is 0 Å². The van der Waals surface area contributed by atoms with Crippen LogP contribution in [0.2, 0.25) is 5.02 Å². The van der Waals surface area contributed by atoms with Gasteiger partial charge in [0.2, 0.25) is 5.91 Å². The van der Waals surface area contributed by atoms with Gasteiger partial charge in [0.1, 0.15) is 4.90 Å². The predicted octanol–water partition coefficient (Wildman–Crippen LogP) is 0.410. The number of aryl methyl sites for hydroxylation is 1. The minimum absolute atomic E-state index is 0.117. The molecule has 114 valence electrons. The number of hydrogen-bond acceptors (Lipinski definition) is 6. The number of hydrogen-bond donors (Lipinski definition) is 0. The molecule has 6 nitrogen and oxygen atoms in total. The van der Waals surface area contributed by atoms with E-state index in [2.05, 4.69) is 0 Å². The van der Waals surface area contributed by atoms with Crippen molar-refractivity contribution in [3.8, 4) is 0 Å². The van der Waals surface area contributed by atoms with Crippen molar-refractivity contribution in [3.63, 3.8) is 0 Å². The Morgan fingerprint density at radius 2 is 2.10 bits per heavy atom. The summed E-state index contributed by atoms with van der Waals surface area (Å²) in [6.07, 6.45) is 0. The van der Waals surface area contributed by atoms with E-state index in [0.29, 0.717) is 19.8 Å². The summed E-state index contributed by atoms with van der Waals surface area (Å²) in [4.78, 5) is 23.2. The summed E-state index contributed by atoms with van der Waals surface area (Å²) >= 11 is 6.97. The molecule has 1 atom stereocenters. The molecule has 2 rings (SSSR count). The van der Waals surface area contributed by atoms with Crippen molar-refractivity contribution in [2.45, 2.75) is 29.7 Å². The van der Waals surface area contributed by atoms with E-state index in [9.17, 15) is 23.1 Å². The summed E-state index contributed by atoms with van der Waals surface area (Å²) in [7, 11) is -4.27. The topological polar surface area (TPSA) is 94.6 Å². The number of amides is 1. The van der Waals surface area contributed by atoms with Crippen molar-refractivity contribution in [1.29, 1.82) is 0 Å². The molecular formula is C12H11ClNO5S2-. The van der Waals surface area contributed by atoms with E-state index in [0.717, 1.165) is 18.7 Å². The molecule has 21 heavy (non-hydrogen) atoms. The molecule has 0 spiro atoms. The van der Waals surface area contributed by atoms with Gasteiger partial charge in [-0.05, 0) is 31.5 Å². The molecule has 0 aromatic heterocycles. The number of carbonyl (C=O) groups excluding carboxylic acids is 2. The summed E-state index contributed by atoms with van der Waals surface area (Å²) in [5.41, 5.74) is 0.523. The molecule has 0 saturated carbocycles. The molecule has 0 radical (unpaired) electrons. The molecular weight excluding hydrogens is 338 g/mol. The van der Waals surface area contributed by atoms with Crippen molar-refractivity contribution < 1.29 is 23.1 Å². The van der Waals surface area contributed by atoms with Gasteiger partial charge < -0.3 is 9.90 Å². The standard InChI is InChI=1S/C12H12ClNO5S2/c1-6-3-10-9(4-8(6)13)20-5-11(15)14(21(10,18)19)7(2)12(16)17/h3-4,7H,5H2,1-2H3,(H,16,17)/p-1. The first-order valence-corrected chi connectivity index (χ1v) is 8.67. The number of aliphatic carboxylic acids is 1. The molecule has 1 amide bonds. The second kappa shape index (κ2) is 5.51. The zero-order valence-corrected chi connectivity index (χ0v) is 13.5. The quantitative estimate of drug-likeness (QED) is 0.768. The van der Waals surface area contributed by atoms with Gasteiger partial charge in [-0.1, -0.05) is 11.6 Å². The van der Waals surface area contributed by atoms with Crippen LogP contribution in [0.1, 0.15) is 12.5 Å². The van der Waals surface area contributed by atoms with E-state index in [1.54, 1.807) is 6.92 Å². The Kier molecular flexibility index (Phi) is 4.23. The van der Waals surface area contributed by atoms with Gasteiger partial charge in [0, 0.05) is 9.92 Å². The Hall–Kier alpha value is -1.25. The minimum atomic E-state index is -4.27. The third kappa shape index (κ3) is 2.75. The van der Waals surface area contributed by atoms with Crippen molar-refractivity contribution in [2.75, 3.05) is 5.75 Å². The Balaban J connectivity index is 2.69. The number of carboxylic acids is 1. The molecule has 1 aromatic rings. The molecule has 1 aromatic carbocycles. The van der Waals surface area contributed by atoms with E-state index >= 15 is 0 Å². The van der Waals surface area contributed by atoms with E-state index in [-0.39, 0.29) is 10.6 Å². The molecule has 0 saturated heterocycles. The van der Waals surface area contributed by atoms with Crippen LogP contribution < -0.4 is 5.11 Å². The third-order valence-corrected chi connectivity index (χ3v) is 6.56. The first kappa shape index (κ1) is 16.1. The second-order valence-electron chi connectivity index (χ2n) is 4.53. The Bertz CT molecular complexity index is 731. The third-order valence-electron chi connectivity index (χ3n) is 3.05. The average Bonchev–Trinajstić information content (AvgIpc) is 2.46. The summed E-state index contributed by atoms with van der Waals surface area (Å²) < 4.78 is 25.6. The maximum absolute atomic E-state index is 12.6. The zero-order valence-electron chi connectivity index (χ0n) is 11.1. The number of fused-ring (bicyclic) bond motifs is 1. The summed E-state index contributed by atoms with van der Waals surface area (Å²) in [6.45, 7) is 2.73. The van der Waals surface area contributed by atoms with Crippen LogP contribution in [-0.4, -0.2) is 36.4 Å². The van der Waals surface area contributed by atoms with Crippen LogP contribution in [0.4, 0.5) is 0 Å². The fourth-order valence-corrected chi connectivity index (χ4v) is 5.22. The molecule has 0 N–H and O–H groups in total. The van der Waals surface area contributed by atoms with E-state index in [4.69, 9.17) is 11.6 Å². The highest BCUT2D eigenvalue weighted by Gasteiger charge is 2.38. The lowest BCUT2D eigenvalue weighted by Crippen LogP contribution is -2.51. The number of benzene rings is 1. The number of halogens is 1. The number of carbonyl (C=O) groups is 2. The highest BCUT2D eigenvalue weighted by molar-refractivity contribution is 8.01. The smallest absolute Gasteiger partial charge is 0.268 e. The normalized spacial score (nSPS) is 18.8. The number of nitrogens with zero attached hydrogens (tertiary/aromatic N) is 1. The first-order chi connectivity index (χ1) is 9.66. The Morgan fingerprint density at radius 3 is 2.67 bits per heavy atom. The molecule has 0 fully saturated rings. The molecule has 1 aliphatic rings. The molecule has 0 bridgehead atoms. The highest BCUT2D eigenvalue weighted by atomic mass is 35.5. The predicted molar refractivity (Wildman–Crippen MR) is 75.4 cm³/mol. The van der Waals surface area contributed by atoms with Crippen LogP contribution in [-0.2, 0) is 19.6 Å². The van der Waals surface area contributed by atoms with Gasteiger partial charge in [0.25, 0.3) is 10.0 Å². The fourth-order valence-electron chi connectivity index (χ4n) is 1.91. The van der Waals surface area contributed by atoms with E-state index < -0.39 is 27.9 Å². The summed E-state index contributed by atoms with van der Waals surface area (Å²) in [5.74, 6) is -2.63. The maximum atomic E-state index is 12.6. The Labute approximate surface area is 131 Å². The highest BCUT2D eigenvalue weighted by Crippen LogP contribution is 2.37. The molecule has 1 aliphatic heterocycles. The van der Waals surface area contributed by atoms with Crippen molar-refractivity contribution >= 4 is 45.3 Å². The van der Waals surface area contributed by atoms with Crippen LogP contribution in [0, 0.1) is 6.92 Å². The van der Waals surface area contributed by atoms with Gasteiger partial charge in [-0.3, -0.25) is 4.79 Å². The average molecular weight is 349 g/mol. The Morgan fingerprint density at radius 1 is 1.48 bits per heavy atom. The maximum Gasteiger partial charge on any atom is 0.268 e. The van der Waals surface area contributed by atoms with Crippen LogP contribution in [0.15, 0.2) is 21.9 Å². The molecule has 9 heteroatoms. The largest absolute Gasteiger partial charge is 0.548 e. The fraction of sp³-hybridized carbons (Fsp3) is 0.333. The van der Waals surface area contributed by atoms with Crippen molar-refractivity contribution in [2.24, 2.45) is 0 Å². The molecule has 1 heterocycles. The first-order valence-electron chi connectivity index (χ1n) is 5.87. The summed E-state index contributed by atoms with van der Waals surface area (Å²) in [6, 6.07) is 1.23. The lowest BCUT2D eigenvalue weighted by atomic mass is 10.2. The van der Waals surface area contributed by atoms with Crippen molar-refractivity contribution in [3.05, 3.63) is 22.7 Å². The zero-order chi connectivity index (χ0) is 15.9. The lowest BCUT2D eigenvalue weighted by molar-refractivity contribution is -0.309. The van der Waals surface area contributed by atoms with Crippen LogP contribution >= 0.6 is 23.4 Å². The molecule has 0 aliphatic carbocycles.